The molecule has 0 aromatic rings. The third-order valence-electron chi connectivity index (χ3n) is 3.05. The first-order valence-corrected chi connectivity index (χ1v) is 4.87. The zero-order valence-electron chi connectivity index (χ0n) is 8.30. The van der Waals surface area contributed by atoms with Gasteiger partial charge in [0.15, 0.2) is 0 Å². The quantitative estimate of drug-likeness (QED) is 0.592. The largest absolute Gasteiger partial charge is 0.303 e. The molecule has 0 aliphatic carbocycles. The van der Waals surface area contributed by atoms with E-state index < -0.39 is 0 Å². The molecule has 0 aromatic carbocycles. The third-order valence-corrected chi connectivity index (χ3v) is 3.05. The van der Waals surface area contributed by atoms with E-state index in [0.717, 1.165) is 17.9 Å². The Morgan fingerprint density at radius 3 is 2.45 bits per heavy atom. The molecule has 2 unspecified atom stereocenters. The minimum Gasteiger partial charge on any atom is -0.303 e. The summed E-state index contributed by atoms with van der Waals surface area (Å²) in [4.78, 5) is 2.53. The Labute approximate surface area is 70.8 Å². The van der Waals surface area contributed by atoms with Crippen LogP contribution in [0.1, 0.15) is 33.6 Å². The lowest BCUT2D eigenvalue weighted by Crippen LogP contribution is -2.33. The molecular weight excluding hydrogens is 134 g/mol. The highest BCUT2D eigenvalue weighted by Gasteiger charge is 2.32. The monoisotopic (exact) mass is 155 g/mol. The zero-order valence-corrected chi connectivity index (χ0v) is 8.30. The van der Waals surface area contributed by atoms with Crippen molar-refractivity contribution >= 4 is 0 Å². The number of hydrogen-bond donors (Lipinski definition) is 0. The normalized spacial score (nSPS) is 33.5. The molecule has 0 amide bonds. The summed E-state index contributed by atoms with van der Waals surface area (Å²) < 4.78 is 0. The van der Waals surface area contributed by atoms with Gasteiger partial charge in [-0.2, -0.15) is 0 Å². The molecule has 1 aliphatic heterocycles. The average Bonchev–Trinajstić information content (AvgIpc) is 2.30. The van der Waals surface area contributed by atoms with Gasteiger partial charge in [-0.05, 0) is 31.8 Å². The minimum atomic E-state index is 0.826. The van der Waals surface area contributed by atoms with Crippen LogP contribution in [0.2, 0.25) is 0 Å². The molecular formula is C10H21N. The standard InChI is InChI=1S/C10H21N/c1-5-9-6-7-11(4)10(9)8(2)3/h8-10H,5-7H2,1-4H3. The molecule has 1 fully saturated rings. The SMILES string of the molecule is CCC1CCN(C)C1C(C)C. The smallest absolute Gasteiger partial charge is 0.0144 e. The van der Waals surface area contributed by atoms with Crippen LogP contribution in [0.25, 0.3) is 0 Å². The highest BCUT2D eigenvalue weighted by atomic mass is 15.2. The van der Waals surface area contributed by atoms with Crippen LogP contribution in [0.5, 0.6) is 0 Å². The maximum Gasteiger partial charge on any atom is 0.0144 e. The molecule has 1 aliphatic rings. The second-order valence-corrected chi connectivity index (χ2v) is 4.17. The second kappa shape index (κ2) is 3.57. The predicted molar refractivity (Wildman–Crippen MR) is 49.7 cm³/mol. The summed E-state index contributed by atoms with van der Waals surface area (Å²) in [5, 5.41) is 0. The van der Waals surface area contributed by atoms with E-state index in [9.17, 15) is 0 Å². The van der Waals surface area contributed by atoms with Crippen LogP contribution in [0.15, 0.2) is 0 Å². The summed E-state index contributed by atoms with van der Waals surface area (Å²) in [6.45, 7) is 8.31. The number of likely N-dealkylation sites (tertiary alicyclic amines) is 1. The first-order valence-electron chi connectivity index (χ1n) is 4.87. The van der Waals surface area contributed by atoms with Crippen molar-refractivity contribution < 1.29 is 0 Å². The molecule has 66 valence electrons. The molecule has 0 aromatic heterocycles. The van der Waals surface area contributed by atoms with Crippen molar-refractivity contribution in [3.63, 3.8) is 0 Å². The van der Waals surface area contributed by atoms with Crippen molar-refractivity contribution in [1.29, 1.82) is 0 Å². The molecule has 2 atom stereocenters. The molecule has 1 nitrogen and oxygen atoms in total. The van der Waals surface area contributed by atoms with E-state index in [2.05, 4.69) is 32.7 Å². The topological polar surface area (TPSA) is 3.24 Å². The van der Waals surface area contributed by atoms with Crippen molar-refractivity contribution in [3.05, 3.63) is 0 Å². The van der Waals surface area contributed by atoms with E-state index >= 15 is 0 Å². The molecule has 0 N–H and O–H groups in total. The maximum atomic E-state index is 2.53. The van der Waals surface area contributed by atoms with E-state index in [0.29, 0.717) is 0 Å². The Hall–Kier alpha value is -0.0400. The summed E-state index contributed by atoms with van der Waals surface area (Å²) in [7, 11) is 2.26. The van der Waals surface area contributed by atoms with Crippen molar-refractivity contribution in [3.8, 4) is 0 Å². The molecule has 11 heavy (non-hydrogen) atoms. The first-order chi connectivity index (χ1) is 5.16. The zero-order chi connectivity index (χ0) is 8.43. The van der Waals surface area contributed by atoms with Crippen LogP contribution in [0, 0.1) is 11.8 Å². The van der Waals surface area contributed by atoms with Crippen LogP contribution in [0.3, 0.4) is 0 Å². The van der Waals surface area contributed by atoms with Gasteiger partial charge in [0.05, 0.1) is 0 Å². The van der Waals surface area contributed by atoms with Crippen molar-refractivity contribution in [2.24, 2.45) is 11.8 Å². The van der Waals surface area contributed by atoms with Crippen molar-refractivity contribution in [2.45, 2.75) is 39.7 Å². The fourth-order valence-electron chi connectivity index (χ4n) is 2.55. The van der Waals surface area contributed by atoms with Crippen LogP contribution < -0.4 is 0 Å². The van der Waals surface area contributed by atoms with Gasteiger partial charge in [-0.25, -0.2) is 0 Å². The lowest BCUT2D eigenvalue weighted by atomic mass is 9.89. The maximum absolute atomic E-state index is 2.53. The Kier molecular flexibility index (Phi) is 2.94. The van der Waals surface area contributed by atoms with Gasteiger partial charge in [-0.15, -0.1) is 0 Å². The molecule has 1 heteroatoms. The fraction of sp³-hybridized carbons (Fsp3) is 1.00. The summed E-state index contributed by atoms with van der Waals surface area (Å²) >= 11 is 0. The Morgan fingerprint density at radius 1 is 1.45 bits per heavy atom. The van der Waals surface area contributed by atoms with Gasteiger partial charge in [0, 0.05) is 6.04 Å². The second-order valence-electron chi connectivity index (χ2n) is 4.17. The van der Waals surface area contributed by atoms with Crippen LogP contribution in [-0.2, 0) is 0 Å². The number of rotatable bonds is 2. The summed E-state index contributed by atoms with van der Waals surface area (Å²) in [6.07, 6.45) is 2.77. The minimum absolute atomic E-state index is 0.826. The highest BCUT2D eigenvalue weighted by molar-refractivity contribution is 4.86. The lowest BCUT2D eigenvalue weighted by Gasteiger charge is -2.27. The molecule has 1 heterocycles. The summed E-state index contributed by atoms with van der Waals surface area (Å²) in [5.41, 5.74) is 0. The average molecular weight is 155 g/mol. The van der Waals surface area contributed by atoms with Gasteiger partial charge in [-0.1, -0.05) is 27.2 Å². The Balaban J connectivity index is 2.56. The third kappa shape index (κ3) is 1.76. The van der Waals surface area contributed by atoms with E-state index in [4.69, 9.17) is 0 Å². The van der Waals surface area contributed by atoms with Gasteiger partial charge in [0.1, 0.15) is 0 Å². The summed E-state index contributed by atoms with van der Waals surface area (Å²) in [6, 6.07) is 0.847. The molecule has 1 saturated heterocycles. The molecule has 0 radical (unpaired) electrons. The lowest BCUT2D eigenvalue weighted by molar-refractivity contribution is 0.208. The van der Waals surface area contributed by atoms with Crippen LogP contribution in [-0.4, -0.2) is 24.5 Å². The summed E-state index contributed by atoms with van der Waals surface area (Å²) in [5.74, 6) is 1.78. The molecule has 1 rings (SSSR count). The van der Waals surface area contributed by atoms with Gasteiger partial charge >= 0.3 is 0 Å². The first kappa shape index (κ1) is 9.05. The highest BCUT2D eigenvalue weighted by Crippen LogP contribution is 2.30. The Morgan fingerprint density at radius 2 is 2.09 bits per heavy atom. The van der Waals surface area contributed by atoms with E-state index in [1.165, 1.54) is 19.4 Å². The predicted octanol–water partition coefficient (Wildman–Crippen LogP) is 2.37. The van der Waals surface area contributed by atoms with Gasteiger partial charge in [0.25, 0.3) is 0 Å². The van der Waals surface area contributed by atoms with E-state index in [1.807, 2.05) is 0 Å². The van der Waals surface area contributed by atoms with E-state index in [1.54, 1.807) is 0 Å². The van der Waals surface area contributed by atoms with Crippen LogP contribution >= 0.6 is 0 Å². The molecule has 0 spiro atoms. The van der Waals surface area contributed by atoms with E-state index in [-0.39, 0.29) is 0 Å². The van der Waals surface area contributed by atoms with Crippen molar-refractivity contribution in [1.82, 2.24) is 4.90 Å². The van der Waals surface area contributed by atoms with Gasteiger partial charge in [0.2, 0.25) is 0 Å². The van der Waals surface area contributed by atoms with Gasteiger partial charge in [-0.3, -0.25) is 0 Å². The van der Waals surface area contributed by atoms with Crippen molar-refractivity contribution in [2.75, 3.05) is 13.6 Å². The number of nitrogens with zero attached hydrogens (tertiary/aromatic N) is 1. The van der Waals surface area contributed by atoms with Crippen LogP contribution in [0.4, 0.5) is 0 Å². The molecule has 0 bridgehead atoms. The number of hydrogen-bond acceptors (Lipinski definition) is 1. The fourth-order valence-corrected chi connectivity index (χ4v) is 2.55. The van der Waals surface area contributed by atoms with Gasteiger partial charge < -0.3 is 4.90 Å². The molecule has 0 saturated carbocycles. The Bertz CT molecular complexity index is 120.